The van der Waals surface area contributed by atoms with Gasteiger partial charge in [-0.15, -0.1) is 0 Å². The van der Waals surface area contributed by atoms with Crippen LogP contribution in [0.4, 0.5) is 4.39 Å². The summed E-state index contributed by atoms with van der Waals surface area (Å²) in [6, 6.07) is 3.75. The topological polar surface area (TPSA) is 41.8 Å². The first-order valence-corrected chi connectivity index (χ1v) is 3.78. The van der Waals surface area contributed by atoms with Gasteiger partial charge in [-0.3, -0.25) is 0 Å². The van der Waals surface area contributed by atoms with Crippen LogP contribution in [0.25, 0.3) is 0 Å². The average Bonchev–Trinajstić information content (AvgIpc) is 2.16. The van der Waals surface area contributed by atoms with E-state index >= 15 is 0 Å². The van der Waals surface area contributed by atoms with Crippen LogP contribution in [0.5, 0.6) is 5.75 Å². The van der Waals surface area contributed by atoms with Crippen molar-refractivity contribution in [3.05, 3.63) is 29.6 Å². The van der Waals surface area contributed by atoms with Crippen LogP contribution in [-0.4, -0.2) is 17.5 Å². The molecule has 1 aromatic carbocycles. The third kappa shape index (κ3) is 2.09. The van der Waals surface area contributed by atoms with Gasteiger partial charge in [-0.05, 0) is 18.2 Å². The number of methoxy groups -OCH3 is 1. The second kappa shape index (κ2) is 4.09. The zero-order valence-corrected chi connectivity index (χ0v) is 7.55. The second-order valence-corrected chi connectivity index (χ2v) is 2.59. The number of oxime groups is 1. The molecule has 5 heteroatoms. The summed E-state index contributed by atoms with van der Waals surface area (Å²) in [5.41, 5.74) is 0.215. The normalized spacial score (nSPS) is 11.5. The molecule has 0 amide bonds. The lowest BCUT2D eigenvalue weighted by Crippen LogP contribution is -1.97. The number of halogens is 2. The van der Waals surface area contributed by atoms with E-state index in [0.29, 0.717) is 5.75 Å². The Kier molecular flexibility index (Phi) is 3.08. The van der Waals surface area contributed by atoms with Crippen LogP contribution >= 0.6 is 11.6 Å². The van der Waals surface area contributed by atoms with Gasteiger partial charge in [-0.25, -0.2) is 4.39 Å². The van der Waals surface area contributed by atoms with Crippen molar-refractivity contribution in [1.82, 2.24) is 0 Å². The minimum absolute atomic E-state index is 0.212. The van der Waals surface area contributed by atoms with Crippen molar-refractivity contribution < 1.29 is 14.3 Å². The Morgan fingerprint density at radius 1 is 1.62 bits per heavy atom. The fourth-order valence-electron chi connectivity index (χ4n) is 0.895. The molecule has 0 aliphatic heterocycles. The Balaban J connectivity index is 3.23. The quantitative estimate of drug-likeness (QED) is 0.455. The molecule has 0 atom stereocenters. The van der Waals surface area contributed by atoms with Crippen LogP contribution in [0.3, 0.4) is 0 Å². The van der Waals surface area contributed by atoms with Crippen LogP contribution in [0.1, 0.15) is 5.56 Å². The highest BCUT2D eigenvalue weighted by atomic mass is 35.5. The fourth-order valence-corrected chi connectivity index (χ4v) is 1.04. The lowest BCUT2D eigenvalue weighted by atomic mass is 10.2. The van der Waals surface area contributed by atoms with E-state index < -0.39 is 5.82 Å². The molecule has 0 radical (unpaired) electrons. The first-order valence-electron chi connectivity index (χ1n) is 3.40. The molecule has 0 bridgehead atoms. The Bertz CT molecular complexity index is 341. The SMILES string of the molecule is COc1ccc(F)cc1C(Cl)=NO. The van der Waals surface area contributed by atoms with Gasteiger partial charge in [-0.1, -0.05) is 16.8 Å². The van der Waals surface area contributed by atoms with E-state index in [9.17, 15) is 4.39 Å². The zero-order chi connectivity index (χ0) is 9.84. The highest BCUT2D eigenvalue weighted by Gasteiger charge is 2.09. The van der Waals surface area contributed by atoms with Crippen molar-refractivity contribution in [2.24, 2.45) is 5.16 Å². The van der Waals surface area contributed by atoms with Gasteiger partial charge in [0.15, 0.2) is 5.17 Å². The number of rotatable bonds is 2. The summed E-state index contributed by atoms with van der Waals surface area (Å²) < 4.78 is 17.6. The van der Waals surface area contributed by atoms with Gasteiger partial charge in [0.1, 0.15) is 11.6 Å². The van der Waals surface area contributed by atoms with Crippen LogP contribution < -0.4 is 4.74 Å². The monoisotopic (exact) mass is 203 g/mol. The highest BCUT2D eigenvalue weighted by molar-refractivity contribution is 6.69. The Morgan fingerprint density at radius 2 is 2.31 bits per heavy atom. The third-order valence-electron chi connectivity index (χ3n) is 1.47. The number of ether oxygens (including phenoxy) is 1. The molecular weight excluding hydrogens is 197 g/mol. The maximum absolute atomic E-state index is 12.7. The van der Waals surface area contributed by atoms with Crippen molar-refractivity contribution in [3.8, 4) is 5.75 Å². The molecule has 1 N–H and O–H groups in total. The molecule has 0 saturated carbocycles. The van der Waals surface area contributed by atoms with Crippen LogP contribution in [0, 0.1) is 5.82 Å². The Labute approximate surface area is 79.4 Å². The molecule has 13 heavy (non-hydrogen) atoms. The lowest BCUT2D eigenvalue weighted by Gasteiger charge is -2.04. The zero-order valence-electron chi connectivity index (χ0n) is 6.79. The summed E-state index contributed by atoms with van der Waals surface area (Å²) in [6.07, 6.45) is 0. The van der Waals surface area contributed by atoms with Gasteiger partial charge in [0, 0.05) is 0 Å². The predicted molar refractivity (Wildman–Crippen MR) is 47.1 cm³/mol. The summed E-state index contributed by atoms with van der Waals surface area (Å²) in [7, 11) is 1.41. The molecule has 1 aromatic rings. The Hall–Kier alpha value is -1.29. The minimum Gasteiger partial charge on any atom is -0.496 e. The maximum Gasteiger partial charge on any atom is 0.179 e. The van der Waals surface area contributed by atoms with Crippen molar-refractivity contribution in [2.75, 3.05) is 7.11 Å². The molecule has 0 spiro atoms. The van der Waals surface area contributed by atoms with Gasteiger partial charge in [-0.2, -0.15) is 0 Å². The van der Waals surface area contributed by atoms with Crippen LogP contribution in [0.2, 0.25) is 0 Å². The summed E-state index contributed by atoms with van der Waals surface area (Å²) in [5, 5.41) is 10.9. The van der Waals surface area contributed by atoms with Crippen LogP contribution in [-0.2, 0) is 0 Å². The van der Waals surface area contributed by atoms with Gasteiger partial charge in [0.05, 0.1) is 12.7 Å². The smallest absolute Gasteiger partial charge is 0.179 e. The van der Waals surface area contributed by atoms with Crippen LogP contribution in [0.15, 0.2) is 23.4 Å². The fraction of sp³-hybridized carbons (Fsp3) is 0.125. The van der Waals surface area contributed by atoms with Gasteiger partial charge in [0.2, 0.25) is 0 Å². The van der Waals surface area contributed by atoms with Crippen molar-refractivity contribution in [3.63, 3.8) is 0 Å². The largest absolute Gasteiger partial charge is 0.496 e. The van der Waals surface area contributed by atoms with Gasteiger partial charge < -0.3 is 9.94 Å². The van der Waals surface area contributed by atoms with E-state index in [1.54, 1.807) is 0 Å². The second-order valence-electron chi connectivity index (χ2n) is 2.24. The standard InChI is InChI=1S/C8H7ClFNO2/c1-13-7-3-2-5(10)4-6(7)8(9)11-12/h2-4,12H,1H3. The molecular formula is C8H7ClFNO2. The van der Waals surface area contributed by atoms with E-state index in [0.717, 1.165) is 6.07 Å². The predicted octanol–water partition coefficient (Wildman–Crippen LogP) is 2.21. The van der Waals surface area contributed by atoms with E-state index in [-0.39, 0.29) is 10.7 Å². The molecule has 0 aromatic heterocycles. The summed E-state index contributed by atoms with van der Waals surface area (Å²) in [4.78, 5) is 0. The lowest BCUT2D eigenvalue weighted by molar-refractivity contribution is 0.320. The number of hydrogen-bond donors (Lipinski definition) is 1. The molecule has 0 aliphatic rings. The summed E-state index contributed by atoms with van der Waals surface area (Å²) in [5.74, 6) is -0.123. The number of nitrogens with zero attached hydrogens (tertiary/aromatic N) is 1. The van der Waals surface area contributed by atoms with Gasteiger partial charge in [0.25, 0.3) is 0 Å². The van der Waals surface area contributed by atoms with Crippen molar-refractivity contribution >= 4 is 16.8 Å². The molecule has 0 aliphatic carbocycles. The van der Waals surface area contributed by atoms with E-state index in [2.05, 4.69) is 5.16 Å². The molecule has 3 nitrogen and oxygen atoms in total. The highest BCUT2D eigenvalue weighted by Crippen LogP contribution is 2.21. The average molecular weight is 204 g/mol. The molecule has 0 unspecified atom stereocenters. The number of hydrogen-bond acceptors (Lipinski definition) is 3. The minimum atomic E-state index is -0.474. The molecule has 1 rings (SSSR count). The molecule has 0 saturated heterocycles. The summed E-state index contributed by atoms with van der Waals surface area (Å²) in [6.45, 7) is 0. The summed E-state index contributed by atoms with van der Waals surface area (Å²) >= 11 is 5.50. The van der Waals surface area contributed by atoms with Gasteiger partial charge >= 0.3 is 0 Å². The van der Waals surface area contributed by atoms with Crippen molar-refractivity contribution in [2.45, 2.75) is 0 Å². The molecule has 0 fully saturated rings. The van der Waals surface area contributed by atoms with E-state index in [1.807, 2.05) is 0 Å². The Morgan fingerprint density at radius 3 is 2.85 bits per heavy atom. The first kappa shape index (κ1) is 9.80. The number of benzene rings is 1. The van der Waals surface area contributed by atoms with Crippen molar-refractivity contribution in [1.29, 1.82) is 0 Å². The molecule has 0 heterocycles. The first-order chi connectivity index (χ1) is 6.19. The third-order valence-corrected chi connectivity index (χ3v) is 1.75. The van der Waals surface area contributed by atoms with E-state index in [1.165, 1.54) is 19.2 Å². The maximum atomic E-state index is 12.7. The molecule has 70 valence electrons. The van der Waals surface area contributed by atoms with E-state index in [4.69, 9.17) is 21.5 Å².